The minimum absolute atomic E-state index is 0. The third-order valence-electron chi connectivity index (χ3n) is 0.144. The summed E-state index contributed by atoms with van der Waals surface area (Å²) in [5.74, 6) is 0. The van der Waals surface area contributed by atoms with Crippen LogP contribution in [0.15, 0.2) is 0 Å². The standard InChI is InChI=1S/C3H5O.C2H3O.4CH3.3K/c1-2-3-4;1-2-3;;;;;;;/h2H2,1H3;1H3;4*1H3;;;/q6*-1;3*+1. The van der Waals surface area contributed by atoms with Gasteiger partial charge in [0.05, 0.1) is 0 Å². The van der Waals surface area contributed by atoms with Crippen LogP contribution in [-0.2, 0) is 9.59 Å². The molecule has 14 heavy (non-hydrogen) atoms. The first-order valence-corrected chi connectivity index (χ1v) is 1.97. The van der Waals surface area contributed by atoms with Gasteiger partial charge in [0.25, 0.3) is 0 Å². The first-order valence-electron chi connectivity index (χ1n) is 1.97. The Bertz CT molecular complexity index is 53.3. The van der Waals surface area contributed by atoms with Crippen molar-refractivity contribution in [2.45, 2.75) is 20.3 Å². The van der Waals surface area contributed by atoms with Crippen molar-refractivity contribution in [3.63, 3.8) is 0 Å². The van der Waals surface area contributed by atoms with Crippen molar-refractivity contribution >= 4 is 12.6 Å². The molecule has 0 spiro atoms. The second-order valence-electron chi connectivity index (χ2n) is 0.702. The van der Waals surface area contributed by atoms with Gasteiger partial charge in [-0.3, -0.25) is 12.6 Å². The van der Waals surface area contributed by atoms with Gasteiger partial charge in [0.1, 0.15) is 0 Å². The second kappa shape index (κ2) is 86.7. The molecule has 0 saturated heterocycles. The van der Waals surface area contributed by atoms with Crippen molar-refractivity contribution in [1.82, 2.24) is 0 Å². The quantitative estimate of drug-likeness (QED) is 0.353. The van der Waals surface area contributed by atoms with Gasteiger partial charge in [0.15, 0.2) is 0 Å². The summed E-state index contributed by atoms with van der Waals surface area (Å²) in [6.45, 7) is 3.08. The smallest absolute Gasteiger partial charge is 0.542 e. The molecule has 0 aromatic heterocycles. The van der Waals surface area contributed by atoms with Crippen molar-refractivity contribution in [3.05, 3.63) is 29.7 Å². The molecule has 0 atom stereocenters. The van der Waals surface area contributed by atoms with Crippen LogP contribution in [0.5, 0.6) is 0 Å². The van der Waals surface area contributed by atoms with Crippen LogP contribution in [0.1, 0.15) is 20.3 Å². The van der Waals surface area contributed by atoms with Crippen molar-refractivity contribution in [1.29, 1.82) is 0 Å². The molecule has 0 unspecified atom stereocenters. The van der Waals surface area contributed by atoms with Crippen molar-refractivity contribution < 1.29 is 164 Å². The normalized spacial score (nSPS) is 2.71. The molecule has 0 N–H and O–H groups in total. The molecule has 2 nitrogen and oxygen atoms in total. The molecule has 0 bridgehead atoms. The maximum absolute atomic E-state index is 9.05. The molecular weight excluding hydrogens is 257 g/mol. The molecule has 0 rings (SSSR count). The van der Waals surface area contributed by atoms with Crippen molar-refractivity contribution in [2.24, 2.45) is 0 Å². The fourth-order valence-corrected chi connectivity index (χ4v) is 0. The Hall–Kier alpha value is 4.25. The van der Waals surface area contributed by atoms with Gasteiger partial charge in [-0.15, -0.1) is 0 Å². The SMILES string of the molecule is CC[C-]=O.C[C-]=O.[CH3-].[CH3-].[CH3-].[CH3-].[K+].[K+].[K+]. The molecular formula is C9H20K3O2-3. The summed E-state index contributed by atoms with van der Waals surface area (Å²) < 4.78 is 0. The van der Waals surface area contributed by atoms with Crippen LogP contribution >= 0.6 is 0 Å². The van der Waals surface area contributed by atoms with Gasteiger partial charge in [-0.2, -0.15) is 13.3 Å². The topological polar surface area (TPSA) is 34.1 Å². The van der Waals surface area contributed by atoms with E-state index in [4.69, 9.17) is 9.59 Å². The Labute approximate surface area is 220 Å². The van der Waals surface area contributed by atoms with E-state index in [-0.39, 0.29) is 184 Å². The van der Waals surface area contributed by atoms with E-state index in [0.717, 1.165) is 0 Å². The number of hydrogen-bond donors (Lipinski definition) is 0. The Kier molecular flexibility index (Phi) is 393. The molecule has 0 aromatic carbocycles. The Morgan fingerprint density at radius 2 is 0.929 bits per heavy atom. The molecule has 0 aliphatic heterocycles. The van der Waals surface area contributed by atoms with Crippen LogP contribution < -0.4 is 154 Å². The predicted molar refractivity (Wildman–Crippen MR) is 53.0 cm³/mol. The van der Waals surface area contributed by atoms with Crippen LogP contribution in [0.2, 0.25) is 0 Å². The summed E-state index contributed by atoms with van der Waals surface area (Å²) in [5.41, 5.74) is 0. The Morgan fingerprint density at radius 3 is 0.929 bits per heavy atom. The van der Waals surface area contributed by atoms with E-state index in [1.807, 2.05) is 0 Å². The zero-order chi connectivity index (χ0) is 6.12. The van der Waals surface area contributed by atoms with E-state index >= 15 is 0 Å². The van der Waals surface area contributed by atoms with E-state index in [1.165, 1.54) is 13.2 Å². The van der Waals surface area contributed by atoms with E-state index in [1.54, 1.807) is 13.2 Å². The van der Waals surface area contributed by atoms with Crippen LogP contribution in [0.4, 0.5) is 0 Å². The third kappa shape index (κ3) is 137. The summed E-state index contributed by atoms with van der Waals surface area (Å²) in [6, 6.07) is 0. The molecule has 0 heterocycles. The average molecular weight is 278 g/mol. The summed E-state index contributed by atoms with van der Waals surface area (Å²) in [4.78, 5) is 17.7. The largest absolute Gasteiger partial charge is 1.00 e. The minimum atomic E-state index is 0. The summed E-state index contributed by atoms with van der Waals surface area (Å²) in [5, 5.41) is 0. The second-order valence-corrected chi connectivity index (χ2v) is 0.702. The molecule has 5 heteroatoms. The zero-order valence-electron chi connectivity index (χ0n) is 11.5. The number of carbonyl (C=O) groups excluding carboxylic acids is 2. The average Bonchev–Trinajstić information content (AvgIpc) is 1.69. The predicted octanol–water partition coefficient (Wildman–Crippen LogP) is -6.56. The summed E-state index contributed by atoms with van der Waals surface area (Å²) in [7, 11) is 0. The molecule has 0 amide bonds. The molecule has 0 aliphatic rings. The molecule has 0 saturated carbocycles. The Morgan fingerprint density at radius 1 is 0.857 bits per heavy atom. The van der Waals surface area contributed by atoms with Gasteiger partial charge in [-0.25, -0.2) is 0 Å². The molecule has 74 valence electrons. The van der Waals surface area contributed by atoms with Gasteiger partial charge in [-0.1, -0.05) is 6.92 Å². The van der Waals surface area contributed by atoms with E-state index in [9.17, 15) is 0 Å². The first-order chi connectivity index (χ1) is 3.33. The van der Waals surface area contributed by atoms with Gasteiger partial charge in [0, 0.05) is 0 Å². The first kappa shape index (κ1) is 63.5. The van der Waals surface area contributed by atoms with Gasteiger partial charge < -0.3 is 39.3 Å². The van der Waals surface area contributed by atoms with E-state index in [0.29, 0.717) is 6.42 Å². The number of hydrogen-bond acceptors (Lipinski definition) is 2. The fraction of sp³-hybridized carbons (Fsp3) is 0.333. The van der Waals surface area contributed by atoms with Crippen LogP contribution in [0.25, 0.3) is 0 Å². The summed E-state index contributed by atoms with van der Waals surface area (Å²) in [6.07, 6.45) is 3.69. The van der Waals surface area contributed by atoms with Gasteiger partial charge in [-0.05, 0) is 0 Å². The van der Waals surface area contributed by atoms with Crippen LogP contribution in [0, 0.1) is 29.7 Å². The third-order valence-corrected chi connectivity index (χ3v) is 0.144. The zero-order valence-corrected chi connectivity index (χ0v) is 20.9. The molecule has 0 aromatic rings. The fourth-order valence-electron chi connectivity index (χ4n) is 0. The molecule has 0 radical (unpaired) electrons. The van der Waals surface area contributed by atoms with Crippen LogP contribution in [-0.4, -0.2) is 12.6 Å². The van der Waals surface area contributed by atoms with Crippen LogP contribution in [0.3, 0.4) is 0 Å². The van der Waals surface area contributed by atoms with Gasteiger partial charge >= 0.3 is 154 Å². The maximum Gasteiger partial charge on any atom is 1.00 e. The van der Waals surface area contributed by atoms with Gasteiger partial charge in [0.2, 0.25) is 0 Å². The molecule has 0 aliphatic carbocycles. The number of rotatable bonds is 1. The van der Waals surface area contributed by atoms with Crippen molar-refractivity contribution in [3.8, 4) is 0 Å². The van der Waals surface area contributed by atoms with E-state index in [2.05, 4.69) is 0 Å². The monoisotopic (exact) mass is 277 g/mol. The van der Waals surface area contributed by atoms with Crippen molar-refractivity contribution in [2.75, 3.05) is 0 Å². The maximum atomic E-state index is 9.05. The molecule has 0 fully saturated rings. The Balaban J connectivity index is -0.00000000344. The summed E-state index contributed by atoms with van der Waals surface area (Å²) >= 11 is 0. The minimum Gasteiger partial charge on any atom is -0.542 e. The van der Waals surface area contributed by atoms with E-state index < -0.39 is 0 Å².